The standard InChI is InChI=1S/C12H11F2N3O.2C2H6/c1-18-12-9(13)5-8(7-16-12)6-15-11-4-2-3-10(14)17-11;2*1-2/h2-5,7H,6H2,1H3,(H,15,17);2*1-2H3. The molecule has 122 valence electrons. The zero-order valence-electron chi connectivity index (χ0n) is 13.7. The van der Waals surface area contributed by atoms with Crippen LogP contribution >= 0.6 is 0 Å². The molecule has 22 heavy (non-hydrogen) atoms. The number of anilines is 1. The second kappa shape index (κ2) is 11.4. The van der Waals surface area contributed by atoms with E-state index in [1.807, 2.05) is 27.7 Å². The highest BCUT2D eigenvalue weighted by molar-refractivity contribution is 5.35. The lowest BCUT2D eigenvalue weighted by Crippen LogP contribution is -2.03. The second-order valence-electron chi connectivity index (χ2n) is 3.53. The van der Waals surface area contributed by atoms with Gasteiger partial charge in [0.1, 0.15) is 5.82 Å². The molecular weight excluding hydrogens is 288 g/mol. The molecule has 0 aliphatic heterocycles. The maximum absolute atomic E-state index is 13.3. The summed E-state index contributed by atoms with van der Waals surface area (Å²) in [7, 11) is 1.35. The molecule has 0 aromatic carbocycles. The number of hydrogen-bond donors (Lipinski definition) is 1. The molecule has 0 aliphatic carbocycles. The van der Waals surface area contributed by atoms with Crippen LogP contribution in [0.15, 0.2) is 30.5 Å². The fourth-order valence-corrected chi connectivity index (χ4v) is 1.41. The van der Waals surface area contributed by atoms with Crippen LogP contribution in [0, 0.1) is 11.8 Å². The molecule has 0 radical (unpaired) electrons. The van der Waals surface area contributed by atoms with Gasteiger partial charge >= 0.3 is 0 Å². The van der Waals surface area contributed by atoms with Crippen LogP contribution in [0.25, 0.3) is 0 Å². The third-order valence-corrected chi connectivity index (χ3v) is 2.25. The normalized spacial score (nSPS) is 8.86. The Bertz CT molecular complexity index is 551. The summed E-state index contributed by atoms with van der Waals surface area (Å²) in [5.74, 6) is -0.781. The molecule has 2 aromatic heterocycles. The van der Waals surface area contributed by atoms with E-state index >= 15 is 0 Å². The number of ether oxygens (including phenoxy) is 1. The number of pyridine rings is 2. The van der Waals surface area contributed by atoms with Gasteiger partial charge in [-0.3, -0.25) is 0 Å². The third kappa shape index (κ3) is 6.47. The number of methoxy groups -OCH3 is 1. The van der Waals surface area contributed by atoms with E-state index in [-0.39, 0.29) is 5.88 Å². The molecule has 0 spiro atoms. The average molecular weight is 311 g/mol. The minimum absolute atomic E-state index is 0.0531. The molecule has 2 rings (SSSR count). The molecular formula is C16H23F2N3O. The third-order valence-electron chi connectivity index (χ3n) is 2.25. The van der Waals surface area contributed by atoms with Crippen molar-refractivity contribution in [3.05, 3.63) is 47.8 Å². The van der Waals surface area contributed by atoms with Gasteiger partial charge in [0.15, 0.2) is 5.82 Å². The van der Waals surface area contributed by atoms with Gasteiger partial charge in [-0.05, 0) is 23.8 Å². The first-order valence-corrected chi connectivity index (χ1v) is 7.24. The maximum atomic E-state index is 13.3. The highest BCUT2D eigenvalue weighted by Crippen LogP contribution is 2.14. The first-order valence-electron chi connectivity index (χ1n) is 7.24. The number of rotatable bonds is 4. The van der Waals surface area contributed by atoms with Crippen LogP contribution in [-0.2, 0) is 6.54 Å². The first kappa shape index (κ1) is 19.8. The molecule has 2 heterocycles. The molecule has 2 aromatic rings. The predicted molar refractivity (Wildman–Crippen MR) is 85.0 cm³/mol. The molecule has 0 aliphatic rings. The van der Waals surface area contributed by atoms with Gasteiger partial charge in [-0.1, -0.05) is 33.8 Å². The topological polar surface area (TPSA) is 47.0 Å². The summed E-state index contributed by atoms with van der Waals surface area (Å²) in [5, 5.41) is 2.87. The number of nitrogens with one attached hydrogen (secondary N) is 1. The number of halogens is 2. The van der Waals surface area contributed by atoms with Crippen LogP contribution in [0.1, 0.15) is 33.3 Å². The van der Waals surface area contributed by atoms with Crippen molar-refractivity contribution in [2.75, 3.05) is 12.4 Å². The number of aromatic nitrogens is 2. The van der Waals surface area contributed by atoms with E-state index in [0.29, 0.717) is 17.9 Å². The molecule has 0 fully saturated rings. The van der Waals surface area contributed by atoms with Crippen LogP contribution in [-0.4, -0.2) is 17.1 Å². The Hall–Kier alpha value is -2.24. The van der Waals surface area contributed by atoms with Gasteiger partial charge in [-0.2, -0.15) is 4.39 Å². The molecule has 0 bridgehead atoms. The summed E-state index contributed by atoms with van der Waals surface area (Å²) in [4.78, 5) is 7.42. The molecule has 0 atom stereocenters. The van der Waals surface area contributed by atoms with Crippen LogP contribution in [0.5, 0.6) is 5.88 Å². The SMILES string of the molecule is CC.CC.COc1ncc(CNc2cccc(F)n2)cc1F. The summed E-state index contributed by atoms with van der Waals surface area (Å²) in [5.41, 5.74) is 0.611. The Morgan fingerprint density at radius 2 is 1.82 bits per heavy atom. The van der Waals surface area contributed by atoms with Gasteiger partial charge in [0, 0.05) is 12.7 Å². The minimum Gasteiger partial charge on any atom is -0.479 e. The highest BCUT2D eigenvalue weighted by Gasteiger charge is 2.05. The molecule has 4 nitrogen and oxygen atoms in total. The lowest BCUT2D eigenvalue weighted by molar-refractivity contribution is 0.368. The molecule has 6 heteroatoms. The summed E-state index contributed by atoms with van der Waals surface area (Å²) in [6, 6.07) is 5.71. The van der Waals surface area contributed by atoms with Crippen LogP contribution in [0.4, 0.5) is 14.6 Å². The zero-order chi connectivity index (χ0) is 17.0. The Labute approximate surface area is 130 Å². The van der Waals surface area contributed by atoms with Crippen molar-refractivity contribution in [2.45, 2.75) is 34.2 Å². The average Bonchev–Trinajstić information content (AvgIpc) is 2.57. The Morgan fingerprint density at radius 3 is 2.36 bits per heavy atom. The quantitative estimate of drug-likeness (QED) is 0.849. The van der Waals surface area contributed by atoms with Gasteiger partial charge in [-0.15, -0.1) is 0 Å². The monoisotopic (exact) mass is 311 g/mol. The fraction of sp³-hybridized carbons (Fsp3) is 0.375. The van der Waals surface area contributed by atoms with Crippen molar-refractivity contribution >= 4 is 5.82 Å². The maximum Gasteiger partial charge on any atom is 0.250 e. The van der Waals surface area contributed by atoms with E-state index in [4.69, 9.17) is 4.74 Å². The Balaban J connectivity index is 0.00000102. The van der Waals surface area contributed by atoms with Crippen LogP contribution in [0.2, 0.25) is 0 Å². The molecule has 0 unspecified atom stereocenters. The second-order valence-corrected chi connectivity index (χ2v) is 3.53. The van der Waals surface area contributed by atoms with Gasteiger partial charge in [-0.25, -0.2) is 14.4 Å². The van der Waals surface area contributed by atoms with E-state index < -0.39 is 11.8 Å². The van der Waals surface area contributed by atoms with Crippen LogP contribution < -0.4 is 10.1 Å². The van der Waals surface area contributed by atoms with Gasteiger partial charge in [0.2, 0.25) is 11.8 Å². The van der Waals surface area contributed by atoms with E-state index in [0.717, 1.165) is 0 Å². The van der Waals surface area contributed by atoms with Crippen LogP contribution in [0.3, 0.4) is 0 Å². The highest BCUT2D eigenvalue weighted by atomic mass is 19.1. The molecule has 0 amide bonds. The van der Waals surface area contributed by atoms with Crippen molar-refractivity contribution < 1.29 is 13.5 Å². The molecule has 0 saturated heterocycles. The lowest BCUT2D eigenvalue weighted by Gasteiger charge is -2.06. The zero-order valence-corrected chi connectivity index (χ0v) is 13.7. The van der Waals surface area contributed by atoms with E-state index in [2.05, 4.69) is 15.3 Å². The van der Waals surface area contributed by atoms with Crippen molar-refractivity contribution in [3.8, 4) is 5.88 Å². The van der Waals surface area contributed by atoms with Crippen molar-refractivity contribution in [2.24, 2.45) is 0 Å². The van der Waals surface area contributed by atoms with E-state index in [1.165, 1.54) is 31.5 Å². The van der Waals surface area contributed by atoms with Gasteiger partial charge < -0.3 is 10.1 Å². The summed E-state index contributed by atoms with van der Waals surface area (Å²) in [6.45, 7) is 8.30. The smallest absolute Gasteiger partial charge is 0.250 e. The molecule has 1 N–H and O–H groups in total. The predicted octanol–water partition coefficient (Wildman–Crippen LogP) is 4.43. The number of nitrogens with zero attached hydrogens (tertiary/aromatic N) is 2. The van der Waals surface area contributed by atoms with Gasteiger partial charge in [0.25, 0.3) is 0 Å². The fourth-order valence-electron chi connectivity index (χ4n) is 1.41. The minimum atomic E-state index is -0.570. The summed E-state index contributed by atoms with van der Waals surface area (Å²) in [6.07, 6.45) is 1.48. The lowest BCUT2D eigenvalue weighted by atomic mass is 10.3. The Morgan fingerprint density at radius 1 is 1.14 bits per heavy atom. The summed E-state index contributed by atoms with van der Waals surface area (Å²) >= 11 is 0. The molecule has 0 saturated carbocycles. The van der Waals surface area contributed by atoms with Gasteiger partial charge in [0.05, 0.1) is 7.11 Å². The first-order chi connectivity index (χ1) is 10.7. The van der Waals surface area contributed by atoms with E-state index in [9.17, 15) is 8.78 Å². The van der Waals surface area contributed by atoms with Crippen molar-refractivity contribution in [3.63, 3.8) is 0 Å². The summed E-state index contributed by atoms with van der Waals surface area (Å²) < 4.78 is 30.9. The van der Waals surface area contributed by atoms with Crippen molar-refractivity contribution in [1.29, 1.82) is 0 Å². The van der Waals surface area contributed by atoms with E-state index in [1.54, 1.807) is 6.07 Å². The Kier molecular flexibility index (Phi) is 10.3. The van der Waals surface area contributed by atoms with Crippen molar-refractivity contribution in [1.82, 2.24) is 9.97 Å². The number of hydrogen-bond acceptors (Lipinski definition) is 4. The largest absolute Gasteiger partial charge is 0.479 e.